The van der Waals surface area contributed by atoms with Gasteiger partial charge >= 0.3 is 0 Å². The number of hydrogen-bond donors (Lipinski definition) is 1. The molecule has 1 amide bonds. The van der Waals surface area contributed by atoms with E-state index in [4.69, 9.17) is 4.42 Å². The van der Waals surface area contributed by atoms with Crippen LogP contribution in [-0.2, 0) is 6.54 Å². The lowest BCUT2D eigenvalue weighted by Gasteiger charge is -2.17. The van der Waals surface area contributed by atoms with Gasteiger partial charge in [-0.25, -0.2) is 4.98 Å². The predicted molar refractivity (Wildman–Crippen MR) is 107 cm³/mol. The number of H-pyrrole nitrogens is 1. The van der Waals surface area contributed by atoms with E-state index in [9.17, 15) is 4.79 Å². The molecule has 0 unspecified atom stereocenters. The van der Waals surface area contributed by atoms with E-state index in [-0.39, 0.29) is 11.8 Å². The molecule has 138 valence electrons. The molecule has 5 nitrogen and oxygen atoms in total. The summed E-state index contributed by atoms with van der Waals surface area (Å²) in [6.45, 7) is 6.68. The fourth-order valence-corrected chi connectivity index (χ4v) is 3.35. The molecule has 0 fully saturated rings. The highest BCUT2D eigenvalue weighted by atomic mass is 16.3. The molecule has 4 aromatic rings. The number of carbonyl (C=O) groups is 1. The van der Waals surface area contributed by atoms with E-state index < -0.39 is 0 Å². The van der Waals surface area contributed by atoms with Crippen LogP contribution in [0, 0.1) is 6.92 Å². The van der Waals surface area contributed by atoms with E-state index in [1.807, 2.05) is 45.2 Å². The number of aromatic nitrogens is 2. The van der Waals surface area contributed by atoms with E-state index in [0.29, 0.717) is 23.6 Å². The van der Waals surface area contributed by atoms with Crippen LogP contribution in [0.5, 0.6) is 0 Å². The maximum Gasteiger partial charge on any atom is 0.254 e. The molecule has 2 aromatic carbocycles. The van der Waals surface area contributed by atoms with Crippen LogP contribution in [-0.4, -0.2) is 27.8 Å². The molecule has 1 N–H and O–H groups in total. The third-order valence-electron chi connectivity index (χ3n) is 4.96. The Labute approximate surface area is 158 Å². The number of fused-ring (bicyclic) bond motifs is 2. The Hall–Kier alpha value is -3.08. The molecule has 0 bridgehead atoms. The third-order valence-corrected chi connectivity index (χ3v) is 4.96. The topological polar surface area (TPSA) is 62.1 Å². The first kappa shape index (κ1) is 17.3. The van der Waals surface area contributed by atoms with Gasteiger partial charge in [0.2, 0.25) is 0 Å². The predicted octanol–water partition coefficient (Wildman–Crippen LogP) is 5.01. The van der Waals surface area contributed by atoms with Crippen LogP contribution in [0.4, 0.5) is 0 Å². The van der Waals surface area contributed by atoms with E-state index >= 15 is 0 Å². The lowest BCUT2D eigenvalue weighted by atomic mass is 10.1. The number of nitrogens with one attached hydrogen (secondary N) is 1. The summed E-state index contributed by atoms with van der Waals surface area (Å²) in [4.78, 5) is 22.6. The summed E-state index contributed by atoms with van der Waals surface area (Å²) in [6.07, 6.45) is 0. The molecule has 0 aliphatic carbocycles. The maximum atomic E-state index is 12.9. The van der Waals surface area contributed by atoms with Gasteiger partial charge in [0, 0.05) is 35.1 Å². The smallest absolute Gasteiger partial charge is 0.254 e. The number of hydrogen-bond acceptors (Lipinski definition) is 3. The maximum absolute atomic E-state index is 12.9. The Bertz CT molecular complexity index is 1140. The fraction of sp³-hybridized carbons (Fsp3) is 0.273. The molecule has 0 atom stereocenters. The summed E-state index contributed by atoms with van der Waals surface area (Å²) in [5.41, 5.74) is 5.37. The monoisotopic (exact) mass is 361 g/mol. The van der Waals surface area contributed by atoms with Crippen molar-refractivity contribution in [3.05, 3.63) is 65.2 Å². The lowest BCUT2D eigenvalue weighted by molar-refractivity contribution is 0.0783. The second-order valence-corrected chi connectivity index (χ2v) is 7.32. The first-order chi connectivity index (χ1) is 12.9. The third kappa shape index (κ3) is 3.10. The van der Waals surface area contributed by atoms with Crippen LogP contribution in [0.25, 0.3) is 22.0 Å². The molecule has 0 saturated heterocycles. The van der Waals surface area contributed by atoms with Crippen LogP contribution >= 0.6 is 0 Å². The molecule has 0 spiro atoms. The fourth-order valence-electron chi connectivity index (χ4n) is 3.35. The number of amides is 1. The average Bonchev–Trinajstić information content (AvgIpc) is 3.22. The second-order valence-electron chi connectivity index (χ2n) is 7.32. The highest BCUT2D eigenvalue weighted by Crippen LogP contribution is 2.24. The highest BCUT2D eigenvalue weighted by Gasteiger charge is 2.17. The number of rotatable bonds is 4. The molecular formula is C22H23N3O2. The molecule has 2 aromatic heterocycles. The Balaban J connectivity index is 1.59. The summed E-state index contributed by atoms with van der Waals surface area (Å²) in [7, 11) is 1.82. The van der Waals surface area contributed by atoms with Crippen molar-refractivity contribution in [3.8, 4) is 0 Å². The van der Waals surface area contributed by atoms with E-state index in [2.05, 4.69) is 29.0 Å². The number of benzene rings is 2. The molecule has 4 rings (SSSR count). The summed E-state index contributed by atoms with van der Waals surface area (Å²) in [5.74, 6) is 0.866. The SMILES string of the molecule is Cc1c(CN(C)C(=O)c2ccc3oc(C(C)C)nc3c2)[nH]c2ccccc12. The molecule has 5 heteroatoms. The van der Waals surface area contributed by atoms with Gasteiger partial charge in [-0.15, -0.1) is 0 Å². The van der Waals surface area contributed by atoms with Crippen molar-refractivity contribution in [2.45, 2.75) is 33.2 Å². The van der Waals surface area contributed by atoms with Gasteiger partial charge in [-0.05, 0) is 36.8 Å². The molecule has 0 aliphatic rings. The lowest BCUT2D eigenvalue weighted by Crippen LogP contribution is -2.26. The first-order valence-electron chi connectivity index (χ1n) is 9.16. The minimum Gasteiger partial charge on any atom is -0.440 e. The van der Waals surface area contributed by atoms with Crippen molar-refractivity contribution in [1.29, 1.82) is 0 Å². The van der Waals surface area contributed by atoms with Crippen LogP contribution in [0.1, 0.15) is 47.3 Å². The molecule has 0 aliphatic heterocycles. The molecule has 27 heavy (non-hydrogen) atoms. The number of aromatic amines is 1. The standard InChI is InChI=1S/C22H23N3O2/c1-13(2)21-24-18-11-15(9-10-20(18)27-21)22(26)25(4)12-19-14(3)16-7-5-6-8-17(16)23-19/h5-11,13,23H,12H2,1-4H3. The van der Waals surface area contributed by atoms with Crippen LogP contribution in [0.3, 0.4) is 0 Å². The number of oxazole rings is 1. The van der Waals surface area contributed by atoms with Crippen molar-refractivity contribution in [2.24, 2.45) is 0 Å². The van der Waals surface area contributed by atoms with Crippen LogP contribution < -0.4 is 0 Å². The van der Waals surface area contributed by atoms with Gasteiger partial charge in [-0.3, -0.25) is 4.79 Å². The minimum absolute atomic E-state index is 0.0379. The highest BCUT2D eigenvalue weighted by molar-refractivity contribution is 5.97. The Morgan fingerprint density at radius 1 is 1.22 bits per heavy atom. The summed E-state index contributed by atoms with van der Waals surface area (Å²) in [5, 5.41) is 1.19. The van der Waals surface area contributed by atoms with Crippen LogP contribution in [0.2, 0.25) is 0 Å². The van der Waals surface area contributed by atoms with Gasteiger partial charge < -0.3 is 14.3 Å². The van der Waals surface area contributed by atoms with Crippen molar-refractivity contribution < 1.29 is 9.21 Å². The zero-order chi connectivity index (χ0) is 19.1. The van der Waals surface area contributed by atoms with Crippen molar-refractivity contribution in [1.82, 2.24) is 14.9 Å². The molecule has 0 radical (unpaired) electrons. The Kier molecular flexibility index (Phi) is 4.22. The number of carbonyl (C=O) groups excluding carboxylic acids is 1. The van der Waals surface area contributed by atoms with E-state index in [0.717, 1.165) is 16.7 Å². The number of nitrogens with zero attached hydrogens (tertiary/aromatic N) is 2. The zero-order valence-electron chi connectivity index (χ0n) is 16.0. The van der Waals surface area contributed by atoms with Crippen molar-refractivity contribution in [3.63, 3.8) is 0 Å². The van der Waals surface area contributed by atoms with E-state index in [1.165, 1.54) is 10.9 Å². The van der Waals surface area contributed by atoms with Crippen molar-refractivity contribution in [2.75, 3.05) is 7.05 Å². The Morgan fingerprint density at radius 3 is 2.74 bits per heavy atom. The number of aryl methyl sites for hydroxylation is 1. The summed E-state index contributed by atoms with van der Waals surface area (Å²) < 4.78 is 5.73. The number of para-hydroxylation sites is 1. The second kappa shape index (κ2) is 6.58. The van der Waals surface area contributed by atoms with Gasteiger partial charge in [-0.2, -0.15) is 0 Å². The molecule has 2 heterocycles. The first-order valence-corrected chi connectivity index (χ1v) is 9.16. The van der Waals surface area contributed by atoms with Gasteiger partial charge in [0.15, 0.2) is 11.5 Å². The van der Waals surface area contributed by atoms with Gasteiger partial charge in [0.1, 0.15) is 5.52 Å². The quantitative estimate of drug-likeness (QED) is 0.555. The average molecular weight is 361 g/mol. The largest absolute Gasteiger partial charge is 0.440 e. The van der Waals surface area contributed by atoms with E-state index in [1.54, 1.807) is 11.0 Å². The van der Waals surface area contributed by atoms with Gasteiger partial charge in [0.25, 0.3) is 5.91 Å². The summed E-state index contributed by atoms with van der Waals surface area (Å²) in [6, 6.07) is 13.6. The van der Waals surface area contributed by atoms with Crippen molar-refractivity contribution >= 4 is 27.9 Å². The normalized spacial score (nSPS) is 11.6. The van der Waals surface area contributed by atoms with Gasteiger partial charge in [-0.1, -0.05) is 32.0 Å². The Morgan fingerprint density at radius 2 is 2.00 bits per heavy atom. The summed E-state index contributed by atoms with van der Waals surface area (Å²) >= 11 is 0. The van der Waals surface area contributed by atoms with Crippen LogP contribution in [0.15, 0.2) is 46.9 Å². The molecular weight excluding hydrogens is 338 g/mol. The van der Waals surface area contributed by atoms with Gasteiger partial charge in [0.05, 0.1) is 6.54 Å². The minimum atomic E-state index is -0.0379. The zero-order valence-corrected chi connectivity index (χ0v) is 16.0. The molecule has 0 saturated carbocycles.